The first-order chi connectivity index (χ1) is 11.3. The standard InChI is InChI=1S/C22H19N/c23-21-16-14-18(15-17-21)8-7-13-22(19-9-3-1-4-10-19)20-11-5-2-6-12-20/h1-17H,23H2. The van der Waals surface area contributed by atoms with Gasteiger partial charge in [0.15, 0.2) is 0 Å². The lowest BCUT2D eigenvalue weighted by atomic mass is 9.97. The number of nitrogens with two attached hydrogens (primary N) is 1. The molecule has 3 aromatic carbocycles. The lowest BCUT2D eigenvalue weighted by Gasteiger charge is -2.07. The van der Waals surface area contributed by atoms with E-state index in [1.807, 2.05) is 36.4 Å². The Morgan fingerprint density at radius 2 is 1.17 bits per heavy atom. The molecule has 1 nitrogen and oxygen atoms in total. The van der Waals surface area contributed by atoms with E-state index in [0.29, 0.717) is 0 Å². The number of allylic oxidation sites excluding steroid dienone is 2. The quantitative estimate of drug-likeness (QED) is 0.505. The zero-order valence-corrected chi connectivity index (χ0v) is 12.9. The van der Waals surface area contributed by atoms with Gasteiger partial charge in [-0.15, -0.1) is 0 Å². The highest BCUT2D eigenvalue weighted by atomic mass is 14.5. The first kappa shape index (κ1) is 14.9. The number of benzene rings is 3. The van der Waals surface area contributed by atoms with Crippen molar-refractivity contribution in [1.82, 2.24) is 0 Å². The molecular weight excluding hydrogens is 278 g/mol. The minimum Gasteiger partial charge on any atom is -0.399 e. The predicted octanol–water partition coefficient (Wildman–Crippen LogP) is 5.41. The molecule has 112 valence electrons. The van der Waals surface area contributed by atoms with Gasteiger partial charge in [0.2, 0.25) is 0 Å². The molecule has 0 unspecified atom stereocenters. The summed E-state index contributed by atoms with van der Waals surface area (Å²) in [7, 11) is 0. The SMILES string of the molecule is Nc1ccc(C=CC=C(c2ccccc2)c2ccccc2)cc1. The maximum Gasteiger partial charge on any atom is 0.0314 e. The summed E-state index contributed by atoms with van der Waals surface area (Å²) in [4.78, 5) is 0. The second-order valence-electron chi connectivity index (χ2n) is 5.34. The van der Waals surface area contributed by atoms with Crippen molar-refractivity contribution >= 4 is 17.3 Å². The summed E-state index contributed by atoms with van der Waals surface area (Å²) in [5.41, 5.74) is 11.3. The molecule has 0 aliphatic rings. The minimum atomic E-state index is 0.784. The Hall–Kier alpha value is -3.06. The molecule has 2 N–H and O–H groups in total. The molecule has 0 bridgehead atoms. The van der Waals surface area contributed by atoms with E-state index in [4.69, 9.17) is 5.73 Å². The molecule has 0 saturated carbocycles. The third kappa shape index (κ3) is 3.98. The van der Waals surface area contributed by atoms with E-state index >= 15 is 0 Å². The maximum absolute atomic E-state index is 5.72. The van der Waals surface area contributed by atoms with Crippen molar-refractivity contribution in [2.24, 2.45) is 0 Å². The van der Waals surface area contributed by atoms with Gasteiger partial charge in [-0.2, -0.15) is 0 Å². The highest BCUT2D eigenvalue weighted by molar-refractivity contribution is 5.81. The van der Waals surface area contributed by atoms with Gasteiger partial charge in [-0.25, -0.2) is 0 Å². The molecule has 0 aliphatic heterocycles. The summed E-state index contributed by atoms with van der Waals surface area (Å²) in [6.07, 6.45) is 6.33. The second kappa shape index (κ2) is 7.28. The molecule has 0 aliphatic carbocycles. The first-order valence-corrected chi connectivity index (χ1v) is 7.68. The van der Waals surface area contributed by atoms with E-state index < -0.39 is 0 Å². The topological polar surface area (TPSA) is 26.0 Å². The fraction of sp³-hybridized carbons (Fsp3) is 0. The lowest BCUT2D eigenvalue weighted by Crippen LogP contribution is -1.86. The van der Waals surface area contributed by atoms with Crippen molar-refractivity contribution in [2.75, 3.05) is 5.73 Å². The van der Waals surface area contributed by atoms with E-state index in [2.05, 4.69) is 66.8 Å². The zero-order valence-electron chi connectivity index (χ0n) is 12.9. The Bertz CT molecular complexity index is 756. The van der Waals surface area contributed by atoms with Crippen molar-refractivity contribution in [2.45, 2.75) is 0 Å². The van der Waals surface area contributed by atoms with Crippen LogP contribution in [0.15, 0.2) is 97.1 Å². The number of hydrogen-bond donors (Lipinski definition) is 1. The average molecular weight is 297 g/mol. The monoisotopic (exact) mass is 297 g/mol. The van der Waals surface area contributed by atoms with Crippen molar-refractivity contribution in [1.29, 1.82) is 0 Å². The Balaban J connectivity index is 1.93. The van der Waals surface area contributed by atoms with E-state index in [0.717, 1.165) is 11.3 Å². The summed E-state index contributed by atoms with van der Waals surface area (Å²) in [6.45, 7) is 0. The van der Waals surface area contributed by atoms with Gasteiger partial charge < -0.3 is 5.73 Å². The third-order valence-electron chi connectivity index (χ3n) is 3.66. The smallest absolute Gasteiger partial charge is 0.0314 e. The largest absolute Gasteiger partial charge is 0.399 e. The lowest BCUT2D eigenvalue weighted by molar-refractivity contribution is 1.55. The highest BCUT2D eigenvalue weighted by Gasteiger charge is 2.02. The van der Waals surface area contributed by atoms with Gasteiger partial charge in [0, 0.05) is 5.69 Å². The molecule has 3 rings (SSSR count). The number of anilines is 1. The third-order valence-corrected chi connectivity index (χ3v) is 3.66. The summed E-state index contributed by atoms with van der Waals surface area (Å²) < 4.78 is 0. The Labute approximate surface area is 137 Å². The first-order valence-electron chi connectivity index (χ1n) is 7.68. The van der Waals surface area contributed by atoms with Gasteiger partial charge >= 0.3 is 0 Å². The van der Waals surface area contributed by atoms with E-state index in [1.54, 1.807) is 0 Å². The fourth-order valence-corrected chi connectivity index (χ4v) is 2.46. The van der Waals surface area contributed by atoms with Crippen LogP contribution in [0, 0.1) is 0 Å². The molecule has 1 heteroatoms. The molecule has 0 heterocycles. The number of hydrogen-bond acceptors (Lipinski definition) is 1. The number of rotatable bonds is 4. The van der Waals surface area contributed by atoms with Crippen LogP contribution in [0.25, 0.3) is 11.6 Å². The van der Waals surface area contributed by atoms with Crippen LogP contribution < -0.4 is 5.73 Å². The zero-order chi connectivity index (χ0) is 15.9. The van der Waals surface area contributed by atoms with Gasteiger partial charge in [0.1, 0.15) is 0 Å². The minimum absolute atomic E-state index is 0.784. The van der Waals surface area contributed by atoms with Crippen LogP contribution in [0.5, 0.6) is 0 Å². The van der Waals surface area contributed by atoms with Crippen LogP contribution in [0.1, 0.15) is 16.7 Å². The Morgan fingerprint density at radius 3 is 1.70 bits per heavy atom. The van der Waals surface area contributed by atoms with Gasteiger partial charge in [0.05, 0.1) is 0 Å². The van der Waals surface area contributed by atoms with Gasteiger partial charge in [-0.1, -0.05) is 91.0 Å². The van der Waals surface area contributed by atoms with Crippen LogP contribution in [0.4, 0.5) is 5.69 Å². The van der Waals surface area contributed by atoms with E-state index in [-0.39, 0.29) is 0 Å². The summed E-state index contributed by atoms with van der Waals surface area (Å²) in [5.74, 6) is 0. The molecule has 23 heavy (non-hydrogen) atoms. The predicted molar refractivity (Wildman–Crippen MR) is 99.9 cm³/mol. The maximum atomic E-state index is 5.72. The second-order valence-corrected chi connectivity index (χ2v) is 5.34. The molecular formula is C22H19N. The summed E-state index contributed by atoms with van der Waals surface area (Å²) >= 11 is 0. The van der Waals surface area contributed by atoms with Crippen LogP contribution in [-0.4, -0.2) is 0 Å². The van der Waals surface area contributed by atoms with Crippen LogP contribution in [0.3, 0.4) is 0 Å². The van der Waals surface area contributed by atoms with Crippen molar-refractivity contribution < 1.29 is 0 Å². The normalized spacial score (nSPS) is 10.6. The molecule has 0 amide bonds. The highest BCUT2D eigenvalue weighted by Crippen LogP contribution is 2.23. The molecule has 0 radical (unpaired) electrons. The molecule has 3 aromatic rings. The van der Waals surface area contributed by atoms with Crippen molar-refractivity contribution in [3.8, 4) is 0 Å². The summed E-state index contributed by atoms with van der Waals surface area (Å²) in [5, 5.41) is 0. The number of nitrogen functional groups attached to an aromatic ring is 1. The Kier molecular flexibility index (Phi) is 4.70. The van der Waals surface area contributed by atoms with Gasteiger partial charge in [-0.05, 0) is 34.4 Å². The van der Waals surface area contributed by atoms with E-state index in [1.165, 1.54) is 16.7 Å². The molecule has 0 atom stereocenters. The van der Waals surface area contributed by atoms with Gasteiger partial charge in [-0.3, -0.25) is 0 Å². The van der Waals surface area contributed by atoms with Crippen LogP contribution in [0.2, 0.25) is 0 Å². The average Bonchev–Trinajstić information content (AvgIpc) is 2.62. The molecule has 0 saturated heterocycles. The fourth-order valence-electron chi connectivity index (χ4n) is 2.46. The molecule has 0 aromatic heterocycles. The summed E-state index contributed by atoms with van der Waals surface area (Å²) in [6, 6.07) is 28.7. The van der Waals surface area contributed by atoms with Crippen LogP contribution in [-0.2, 0) is 0 Å². The van der Waals surface area contributed by atoms with Crippen LogP contribution >= 0.6 is 0 Å². The van der Waals surface area contributed by atoms with Crippen molar-refractivity contribution in [3.05, 3.63) is 114 Å². The van der Waals surface area contributed by atoms with Crippen molar-refractivity contribution in [3.63, 3.8) is 0 Å². The molecule has 0 spiro atoms. The van der Waals surface area contributed by atoms with E-state index in [9.17, 15) is 0 Å². The Morgan fingerprint density at radius 1 is 0.652 bits per heavy atom. The van der Waals surface area contributed by atoms with Gasteiger partial charge in [0.25, 0.3) is 0 Å². The molecule has 0 fully saturated rings.